The van der Waals surface area contributed by atoms with E-state index in [4.69, 9.17) is 17.3 Å². The van der Waals surface area contributed by atoms with E-state index in [-0.39, 0.29) is 22.3 Å². The third kappa shape index (κ3) is 4.94. The lowest BCUT2D eigenvalue weighted by molar-refractivity contribution is 0.402. The molecule has 4 nitrogen and oxygen atoms in total. The number of halogens is 2. The molecule has 0 aromatic heterocycles. The summed E-state index contributed by atoms with van der Waals surface area (Å²) in [5.74, 6) is 0. The predicted octanol–water partition coefficient (Wildman–Crippen LogP) is 3.61. The summed E-state index contributed by atoms with van der Waals surface area (Å²) < 4.78 is 27.5. The maximum absolute atomic E-state index is 13.0. The first-order valence-electron chi connectivity index (χ1n) is 7.46. The Morgan fingerprint density at radius 2 is 1.75 bits per heavy atom. The Balaban J connectivity index is 0.00000288. The SMILES string of the molecule is Cc1cccc(S(=O)(=O)N(CCCN)Cc2ccccc2)c1Cl.Cl. The molecule has 0 amide bonds. The Hall–Kier alpha value is -1.11. The van der Waals surface area contributed by atoms with Crippen LogP contribution < -0.4 is 5.73 Å². The van der Waals surface area contributed by atoms with E-state index in [2.05, 4.69) is 0 Å². The first-order valence-corrected chi connectivity index (χ1v) is 9.28. The highest BCUT2D eigenvalue weighted by Gasteiger charge is 2.27. The van der Waals surface area contributed by atoms with Gasteiger partial charge in [-0.2, -0.15) is 4.31 Å². The van der Waals surface area contributed by atoms with Gasteiger partial charge in [0.15, 0.2) is 0 Å². The predicted molar refractivity (Wildman–Crippen MR) is 101 cm³/mol. The first-order chi connectivity index (χ1) is 11.0. The summed E-state index contributed by atoms with van der Waals surface area (Å²) >= 11 is 6.23. The van der Waals surface area contributed by atoms with Gasteiger partial charge in [0, 0.05) is 13.1 Å². The minimum absolute atomic E-state index is 0. The topological polar surface area (TPSA) is 63.4 Å². The maximum atomic E-state index is 13.0. The molecule has 0 aliphatic rings. The van der Waals surface area contributed by atoms with Crippen molar-refractivity contribution in [3.63, 3.8) is 0 Å². The molecule has 0 fully saturated rings. The van der Waals surface area contributed by atoms with E-state index in [1.54, 1.807) is 25.1 Å². The second-order valence-electron chi connectivity index (χ2n) is 5.35. The zero-order chi connectivity index (χ0) is 16.9. The standard InChI is InChI=1S/C17H21ClN2O2S.ClH/c1-14-7-5-10-16(17(14)18)23(21,22)20(12-6-11-19)13-15-8-3-2-4-9-15;/h2-5,7-10H,6,11-13,19H2,1H3;1H. The normalized spacial score (nSPS) is 11.3. The van der Waals surface area contributed by atoms with E-state index in [0.29, 0.717) is 26.1 Å². The highest BCUT2D eigenvalue weighted by Crippen LogP contribution is 2.28. The monoisotopic (exact) mass is 388 g/mol. The van der Waals surface area contributed by atoms with Crippen LogP contribution in [0, 0.1) is 6.92 Å². The highest BCUT2D eigenvalue weighted by molar-refractivity contribution is 7.89. The Bertz CT molecular complexity index is 752. The Kier molecular flexibility index (Phi) is 8.19. The average Bonchev–Trinajstić information content (AvgIpc) is 2.54. The van der Waals surface area contributed by atoms with Crippen molar-refractivity contribution in [2.45, 2.75) is 24.8 Å². The first kappa shape index (κ1) is 20.9. The van der Waals surface area contributed by atoms with Crippen molar-refractivity contribution in [1.29, 1.82) is 0 Å². The van der Waals surface area contributed by atoms with Crippen LogP contribution >= 0.6 is 24.0 Å². The van der Waals surface area contributed by atoms with Gasteiger partial charge < -0.3 is 5.73 Å². The van der Waals surface area contributed by atoms with Gasteiger partial charge in [0.1, 0.15) is 4.90 Å². The largest absolute Gasteiger partial charge is 0.330 e. The third-order valence-corrected chi connectivity index (χ3v) is 6.09. The third-order valence-electron chi connectivity index (χ3n) is 3.59. The number of nitrogens with two attached hydrogens (primary N) is 1. The molecular weight excluding hydrogens is 367 g/mol. The molecule has 24 heavy (non-hydrogen) atoms. The van der Waals surface area contributed by atoms with Crippen LogP contribution in [0.2, 0.25) is 5.02 Å². The average molecular weight is 389 g/mol. The Morgan fingerprint density at radius 3 is 2.38 bits per heavy atom. The molecule has 0 spiro atoms. The quantitative estimate of drug-likeness (QED) is 0.787. The molecule has 0 saturated heterocycles. The second-order valence-corrected chi connectivity index (χ2v) is 7.64. The van der Waals surface area contributed by atoms with Crippen molar-refractivity contribution < 1.29 is 8.42 Å². The Labute approximate surface area is 155 Å². The Morgan fingerprint density at radius 1 is 1.08 bits per heavy atom. The summed E-state index contributed by atoms with van der Waals surface area (Å²) in [4.78, 5) is 0.145. The number of hydrogen-bond acceptors (Lipinski definition) is 3. The molecule has 132 valence electrons. The molecule has 0 aliphatic carbocycles. The van der Waals surface area contributed by atoms with Crippen LogP contribution in [0.4, 0.5) is 0 Å². The van der Waals surface area contributed by atoms with E-state index in [1.807, 2.05) is 30.3 Å². The molecule has 0 bridgehead atoms. The molecule has 0 aliphatic heterocycles. The minimum Gasteiger partial charge on any atom is -0.330 e. The van der Waals surface area contributed by atoms with E-state index in [0.717, 1.165) is 11.1 Å². The fraction of sp³-hybridized carbons (Fsp3) is 0.294. The van der Waals surface area contributed by atoms with Crippen LogP contribution in [0.15, 0.2) is 53.4 Å². The van der Waals surface area contributed by atoms with Crippen molar-refractivity contribution in [3.05, 3.63) is 64.7 Å². The van der Waals surface area contributed by atoms with Crippen LogP contribution in [0.5, 0.6) is 0 Å². The van der Waals surface area contributed by atoms with E-state index >= 15 is 0 Å². The summed E-state index contributed by atoms with van der Waals surface area (Å²) in [6, 6.07) is 14.5. The smallest absolute Gasteiger partial charge is 0.244 e. The van der Waals surface area contributed by atoms with Gasteiger partial charge in [-0.25, -0.2) is 8.42 Å². The van der Waals surface area contributed by atoms with Crippen LogP contribution in [0.3, 0.4) is 0 Å². The maximum Gasteiger partial charge on any atom is 0.244 e. The lowest BCUT2D eigenvalue weighted by Gasteiger charge is -2.23. The molecular formula is C17H22Cl2N2O2S. The number of benzene rings is 2. The van der Waals surface area contributed by atoms with Crippen molar-refractivity contribution in [1.82, 2.24) is 4.31 Å². The number of nitrogens with zero attached hydrogens (tertiary/aromatic N) is 1. The zero-order valence-electron chi connectivity index (χ0n) is 13.5. The molecule has 2 rings (SSSR count). The fourth-order valence-electron chi connectivity index (χ4n) is 2.30. The van der Waals surface area contributed by atoms with Gasteiger partial charge in [0.05, 0.1) is 5.02 Å². The molecule has 2 aromatic carbocycles. The number of rotatable bonds is 7. The van der Waals surface area contributed by atoms with Crippen LogP contribution in [0.1, 0.15) is 17.5 Å². The number of sulfonamides is 1. The van der Waals surface area contributed by atoms with Gasteiger partial charge in [-0.3, -0.25) is 0 Å². The molecule has 2 aromatic rings. The summed E-state index contributed by atoms with van der Waals surface area (Å²) in [5, 5.41) is 0.276. The summed E-state index contributed by atoms with van der Waals surface area (Å²) in [6.07, 6.45) is 0.593. The second kappa shape index (κ2) is 9.39. The molecule has 0 unspecified atom stereocenters. The van der Waals surface area contributed by atoms with Gasteiger partial charge in [-0.15, -0.1) is 12.4 Å². The molecule has 7 heteroatoms. The zero-order valence-corrected chi connectivity index (χ0v) is 15.9. The minimum atomic E-state index is -3.68. The van der Waals surface area contributed by atoms with Crippen molar-refractivity contribution in [3.8, 4) is 0 Å². The summed E-state index contributed by atoms with van der Waals surface area (Å²) in [6.45, 7) is 2.89. The van der Waals surface area contributed by atoms with Crippen LogP contribution in [-0.4, -0.2) is 25.8 Å². The van der Waals surface area contributed by atoms with Gasteiger partial charge in [-0.1, -0.05) is 54.1 Å². The van der Waals surface area contributed by atoms with Gasteiger partial charge in [0.2, 0.25) is 10.0 Å². The van der Waals surface area contributed by atoms with Gasteiger partial charge in [0.25, 0.3) is 0 Å². The molecule has 0 radical (unpaired) electrons. The van der Waals surface area contributed by atoms with Crippen molar-refractivity contribution >= 4 is 34.0 Å². The number of hydrogen-bond donors (Lipinski definition) is 1. The molecule has 0 atom stereocenters. The molecule has 0 heterocycles. The van der Waals surface area contributed by atoms with E-state index in [1.165, 1.54) is 4.31 Å². The van der Waals surface area contributed by atoms with Gasteiger partial charge in [-0.05, 0) is 37.1 Å². The summed E-state index contributed by atoms with van der Waals surface area (Å²) in [5.41, 5.74) is 7.23. The lowest BCUT2D eigenvalue weighted by Crippen LogP contribution is -2.32. The van der Waals surface area contributed by atoms with Gasteiger partial charge >= 0.3 is 0 Å². The summed E-state index contributed by atoms with van der Waals surface area (Å²) in [7, 11) is -3.68. The van der Waals surface area contributed by atoms with Crippen molar-refractivity contribution in [2.24, 2.45) is 5.73 Å². The highest BCUT2D eigenvalue weighted by atomic mass is 35.5. The van der Waals surface area contributed by atoms with E-state index in [9.17, 15) is 8.42 Å². The lowest BCUT2D eigenvalue weighted by atomic mass is 10.2. The van der Waals surface area contributed by atoms with Crippen LogP contribution in [-0.2, 0) is 16.6 Å². The fourth-order valence-corrected chi connectivity index (χ4v) is 4.32. The number of aryl methyl sites for hydroxylation is 1. The van der Waals surface area contributed by atoms with Crippen molar-refractivity contribution in [2.75, 3.05) is 13.1 Å². The molecule has 2 N–H and O–H groups in total. The van der Waals surface area contributed by atoms with Crippen LogP contribution in [0.25, 0.3) is 0 Å². The van der Waals surface area contributed by atoms with E-state index < -0.39 is 10.0 Å². The molecule has 0 saturated carbocycles.